The van der Waals surface area contributed by atoms with E-state index in [1.165, 1.54) is 5.56 Å². The zero-order valence-electron chi connectivity index (χ0n) is 15.7. The molecule has 1 atom stereocenters. The topological polar surface area (TPSA) is 43.1 Å². The fraction of sp³-hybridized carbons (Fsp3) is 0.125. The number of pyridine rings is 1. The minimum atomic E-state index is 0.0990. The lowest BCUT2D eigenvalue weighted by Gasteiger charge is -2.25. The molecule has 0 amide bonds. The smallest absolute Gasteiger partial charge is 0.159 e. The molecule has 28 heavy (non-hydrogen) atoms. The summed E-state index contributed by atoms with van der Waals surface area (Å²) in [4.78, 5) is 9.27. The monoisotopic (exact) mass is 364 g/mol. The van der Waals surface area contributed by atoms with E-state index >= 15 is 0 Å². The Kier molecular flexibility index (Phi) is 4.09. The molecule has 4 aromatic rings. The largest absolute Gasteiger partial charge is 0.265 e. The average Bonchev–Trinajstić information content (AvgIpc) is 3.10. The standard InChI is InChI=1S/C24H20N4/c1-17-23(20-10-6-3-7-11-20)24-26-21(18-8-4-2-5-9-18)16-22(28(24)27-17)19-12-14-25-15-13-19/h2-15,22H,16H2,1H3/t22-/m1/s1. The number of rotatable bonds is 3. The number of benzene rings is 2. The molecule has 1 aliphatic heterocycles. The van der Waals surface area contributed by atoms with Gasteiger partial charge in [-0.1, -0.05) is 60.7 Å². The third-order valence-corrected chi connectivity index (χ3v) is 5.24. The summed E-state index contributed by atoms with van der Waals surface area (Å²) < 4.78 is 2.08. The van der Waals surface area contributed by atoms with Crippen molar-refractivity contribution in [3.63, 3.8) is 0 Å². The number of aryl methyl sites for hydroxylation is 1. The first-order valence-corrected chi connectivity index (χ1v) is 9.48. The summed E-state index contributed by atoms with van der Waals surface area (Å²) >= 11 is 0. The molecule has 0 unspecified atom stereocenters. The molecule has 4 nitrogen and oxygen atoms in total. The Labute approximate surface area is 164 Å². The van der Waals surface area contributed by atoms with Crippen LogP contribution in [0.1, 0.15) is 29.3 Å². The minimum Gasteiger partial charge on any atom is -0.265 e. The predicted octanol–water partition coefficient (Wildman–Crippen LogP) is 5.37. The first kappa shape index (κ1) is 16.6. The Bertz CT molecular complexity index is 1130. The van der Waals surface area contributed by atoms with Crippen LogP contribution in [0.4, 0.5) is 5.82 Å². The SMILES string of the molecule is Cc1nn2c(c1-c1ccccc1)N=C(c1ccccc1)C[C@@H]2c1ccncc1. The number of nitrogens with zero attached hydrogens (tertiary/aromatic N) is 4. The maximum Gasteiger partial charge on any atom is 0.159 e. The molecule has 0 N–H and O–H groups in total. The zero-order valence-corrected chi connectivity index (χ0v) is 15.7. The number of hydrogen-bond acceptors (Lipinski definition) is 3. The molecule has 0 radical (unpaired) electrons. The quantitative estimate of drug-likeness (QED) is 0.491. The van der Waals surface area contributed by atoms with Crippen molar-refractivity contribution in [2.24, 2.45) is 4.99 Å². The van der Waals surface area contributed by atoms with E-state index in [1.807, 2.05) is 24.5 Å². The van der Waals surface area contributed by atoms with Gasteiger partial charge in [-0.2, -0.15) is 5.10 Å². The lowest BCUT2D eigenvalue weighted by atomic mass is 9.96. The first-order valence-electron chi connectivity index (χ1n) is 9.48. The highest BCUT2D eigenvalue weighted by atomic mass is 15.4. The molecular formula is C24H20N4. The van der Waals surface area contributed by atoms with Gasteiger partial charge >= 0.3 is 0 Å². The number of fused-ring (bicyclic) bond motifs is 1. The Morgan fingerprint density at radius 1 is 0.821 bits per heavy atom. The van der Waals surface area contributed by atoms with Gasteiger partial charge in [-0.3, -0.25) is 4.98 Å². The molecule has 0 aliphatic carbocycles. The lowest BCUT2D eigenvalue weighted by Crippen LogP contribution is -2.21. The van der Waals surface area contributed by atoms with Gasteiger partial charge in [0.2, 0.25) is 0 Å². The lowest BCUT2D eigenvalue weighted by molar-refractivity contribution is 0.529. The van der Waals surface area contributed by atoms with E-state index in [1.54, 1.807) is 0 Å². The maximum absolute atomic E-state index is 5.09. The van der Waals surface area contributed by atoms with Crippen LogP contribution < -0.4 is 0 Å². The van der Waals surface area contributed by atoms with Crippen molar-refractivity contribution in [1.29, 1.82) is 0 Å². The second-order valence-electron chi connectivity index (χ2n) is 7.02. The first-order chi connectivity index (χ1) is 13.8. The molecule has 4 heteroatoms. The van der Waals surface area contributed by atoms with Gasteiger partial charge < -0.3 is 0 Å². The van der Waals surface area contributed by atoms with E-state index in [0.717, 1.165) is 40.3 Å². The van der Waals surface area contributed by atoms with Crippen molar-refractivity contribution in [2.75, 3.05) is 0 Å². The highest BCUT2D eigenvalue weighted by molar-refractivity contribution is 6.04. The van der Waals surface area contributed by atoms with Crippen molar-refractivity contribution in [3.8, 4) is 11.1 Å². The Morgan fingerprint density at radius 2 is 1.46 bits per heavy atom. The van der Waals surface area contributed by atoms with Crippen LogP contribution in [0.5, 0.6) is 0 Å². The van der Waals surface area contributed by atoms with Crippen LogP contribution >= 0.6 is 0 Å². The molecule has 136 valence electrons. The van der Waals surface area contributed by atoms with E-state index in [-0.39, 0.29) is 6.04 Å². The average molecular weight is 364 g/mol. The Balaban J connectivity index is 1.73. The van der Waals surface area contributed by atoms with Gasteiger partial charge in [-0.05, 0) is 35.7 Å². The maximum atomic E-state index is 5.09. The van der Waals surface area contributed by atoms with Gasteiger partial charge in [0.1, 0.15) is 0 Å². The summed E-state index contributed by atoms with van der Waals surface area (Å²) in [6.45, 7) is 2.06. The van der Waals surface area contributed by atoms with Crippen molar-refractivity contribution < 1.29 is 0 Å². The van der Waals surface area contributed by atoms with Gasteiger partial charge in [0.15, 0.2) is 5.82 Å². The number of aliphatic imine (C=N–C) groups is 1. The van der Waals surface area contributed by atoms with Gasteiger partial charge in [0, 0.05) is 24.4 Å². The van der Waals surface area contributed by atoms with Crippen molar-refractivity contribution >= 4 is 11.5 Å². The van der Waals surface area contributed by atoms with Gasteiger partial charge in [-0.15, -0.1) is 0 Å². The number of aromatic nitrogens is 3. The fourth-order valence-corrected chi connectivity index (χ4v) is 3.90. The molecule has 3 heterocycles. The summed E-state index contributed by atoms with van der Waals surface area (Å²) in [5.41, 5.74) is 6.69. The highest BCUT2D eigenvalue weighted by Crippen LogP contribution is 2.41. The third-order valence-electron chi connectivity index (χ3n) is 5.24. The summed E-state index contributed by atoms with van der Waals surface area (Å²) in [6, 6.07) is 25.1. The van der Waals surface area contributed by atoms with Gasteiger partial charge in [0.05, 0.1) is 17.4 Å². The zero-order chi connectivity index (χ0) is 18.9. The normalized spacial score (nSPS) is 15.8. The van der Waals surface area contributed by atoms with Crippen LogP contribution in [0.2, 0.25) is 0 Å². The van der Waals surface area contributed by atoms with Crippen LogP contribution in [0, 0.1) is 6.92 Å². The van der Waals surface area contributed by atoms with E-state index in [2.05, 4.69) is 77.3 Å². The Morgan fingerprint density at radius 3 is 2.14 bits per heavy atom. The predicted molar refractivity (Wildman–Crippen MR) is 112 cm³/mol. The summed E-state index contributed by atoms with van der Waals surface area (Å²) in [7, 11) is 0. The van der Waals surface area contributed by atoms with Crippen molar-refractivity contribution in [1.82, 2.24) is 14.8 Å². The van der Waals surface area contributed by atoms with Crippen LogP contribution in [-0.2, 0) is 0 Å². The van der Waals surface area contributed by atoms with Crippen molar-refractivity contribution in [3.05, 3.63) is 102 Å². The summed E-state index contributed by atoms with van der Waals surface area (Å²) in [5, 5.41) is 4.90. The summed E-state index contributed by atoms with van der Waals surface area (Å²) in [6.07, 6.45) is 4.49. The van der Waals surface area contributed by atoms with Crippen LogP contribution in [0.15, 0.2) is 90.2 Å². The second kappa shape index (κ2) is 6.89. The molecule has 2 aromatic heterocycles. The number of hydrogen-bond donors (Lipinski definition) is 0. The second-order valence-corrected chi connectivity index (χ2v) is 7.02. The molecule has 1 aliphatic rings. The molecule has 0 saturated heterocycles. The molecule has 0 spiro atoms. The van der Waals surface area contributed by atoms with Gasteiger partial charge in [-0.25, -0.2) is 9.67 Å². The third kappa shape index (κ3) is 2.83. The van der Waals surface area contributed by atoms with Crippen LogP contribution in [-0.4, -0.2) is 20.5 Å². The summed E-state index contributed by atoms with van der Waals surface area (Å²) in [5.74, 6) is 0.926. The molecule has 2 aromatic carbocycles. The van der Waals surface area contributed by atoms with Crippen LogP contribution in [0.25, 0.3) is 11.1 Å². The fourth-order valence-electron chi connectivity index (χ4n) is 3.90. The van der Waals surface area contributed by atoms with Gasteiger partial charge in [0.25, 0.3) is 0 Å². The molecule has 5 rings (SSSR count). The Hall–Kier alpha value is -3.53. The molecule has 0 saturated carbocycles. The van der Waals surface area contributed by atoms with E-state index in [9.17, 15) is 0 Å². The molecule has 0 fully saturated rings. The molecule has 0 bridgehead atoms. The van der Waals surface area contributed by atoms with E-state index in [4.69, 9.17) is 10.1 Å². The van der Waals surface area contributed by atoms with Crippen LogP contribution in [0.3, 0.4) is 0 Å². The highest BCUT2D eigenvalue weighted by Gasteiger charge is 2.29. The van der Waals surface area contributed by atoms with Crippen molar-refractivity contribution in [2.45, 2.75) is 19.4 Å². The van der Waals surface area contributed by atoms with E-state index < -0.39 is 0 Å². The molecular weight excluding hydrogens is 344 g/mol. The minimum absolute atomic E-state index is 0.0990. The van der Waals surface area contributed by atoms with E-state index in [0.29, 0.717) is 0 Å².